The molecule has 0 bridgehead atoms. The van der Waals surface area contributed by atoms with Gasteiger partial charge in [0.05, 0.1) is 22.5 Å². The second kappa shape index (κ2) is 5.88. The number of hydrogen-bond acceptors (Lipinski definition) is 5. The average molecular weight is 376 g/mol. The summed E-state index contributed by atoms with van der Waals surface area (Å²) < 4.78 is 6.36. The molecule has 8 heteroatoms. The maximum absolute atomic E-state index is 4.57. The van der Waals surface area contributed by atoms with Crippen molar-refractivity contribution < 1.29 is 4.57 Å². The fourth-order valence-electron chi connectivity index (χ4n) is 3.58. The number of fused-ring (bicyclic) bond motifs is 2. The zero-order chi connectivity index (χ0) is 17.9. The standard InChI is InChI=1S/C17H23N6S2/c1-7-22-12(24-16-14(22)10(3)18-20(16)5)9-13-23(8-2)15-11(4)19-21(6)17(15)25-13/h9H,7-8H2,1-6H3/q+1. The van der Waals surface area contributed by atoms with Crippen LogP contribution >= 0.6 is 23.1 Å². The molecule has 0 fully saturated rings. The van der Waals surface area contributed by atoms with E-state index >= 15 is 0 Å². The summed E-state index contributed by atoms with van der Waals surface area (Å²) in [6.07, 6.45) is 2.32. The monoisotopic (exact) mass is 375 g/mol. The molecule has 0 atom stereocenters. The SMILES string of the molecule is CCN1/C(=C/c2sc3c(c(C)nn3C)[n+]2CC)Sc2c1c(C)nn2C. The van der Waals surface area contributed by atoms with Gasteiger partial charge in [-0.05, 0) is 50.8 Å². The number of anilines is 1. The van der Waals surface area contributed by atoms with E-state index in [0.29, 0.717) is 0 Å². The molecule has 6 nitrogen and oxygen atoms in total. The number of thioether (sulfide) groups is 1. The van der Waals surface area contributed by atoms with E-state index in [0.717, 1.165) is 24.5 Å². The van der Waals surface area contributed by atoms with E-state index < -0.39 is 0 Å². The molecular weight excluding hydrogens is 352 g/mol. The summed E-state index contributed by atoms with van der Waals surface area (Å²) >= 11 is 3.62. The summed E-state index contributed by atoms with van der Waals surface area (Å²) in [6.45, 7) is 10.5. The van der Waals surface area contributed by atoms with E-state index in [1.165, 1.54) is 31.1 Å². The molecule has 132 valence electrons. The van der Waals surface area contributed by atoms with Gasteiger partial charge in [-0.2, -0.15) is 14.8 Å². The lowest BCUT2D eigenvalue weighted by molar-refractivity contribution is -0.665. The fourth-order valence-corrected chi connectivity index (χ4v) is 6.11. The smallest absolute Gasteiger partial charge is 0.266 e. The van der Waals surface area contributed by atoms with Crippen molar-refractivity contribution in [2.75, 3.05) is 11.4 Å². The Bertz CT molecular complexity index is 1010. The van der Waals surface area contributed by atoms with Crippen molar-refractivity contribution in [1.82, 2.24) is 19.6 Å². The lowest BCUT2D eigenvalue weighted by Crippen LogP contribution is -2.34. The van der Waals surface area contributed by atoms with Crippen LogP contribution in [0.15, 0.2) is 10.1 Å². The molecule has 25 heavy (non-hydrogen) atoms. The molecular formula is C17H23N6S2+. The van der Waals surface area contributed by atoms with Crippen LogP contribution in [0.3, 0.4) is 0 Å². The van der Waals surface area contributed by atoms with Crippen LogP contribution in [0.1, 0.15) is 30.2 Å². The maximum atomic E-state index is 4.57. The molecule has 1 aliphatic heterocycles. The van der Waals surface area contributed by atoms with Crippen molar-refractivity contribution >= 4 is 45.2 Å². The second-order valence-corrected chi connectivity index (χ2v) is 8.26. The molecule has 3 aromatic rings. The van der Waals surface area contributed by atoms with Gasteiger partial charge in [0.25, 0.3) is 10.5 Å². The highest BCUT2D eigenvalue weighted by Crippen LogP contribution is 2.48. The highest BCUT2D eigenvalue weighted by atomic mass is 32.2. The Kier molecular flexibility index (Phi) is 3.92. The molecule has 0 unspecified atom stereocenters. The largest absolute Gasteiger partial charge is 0.332 e. The third-order valence-corrected chi connectivity index (χ3v) is 7.03. The van der Waals surface area contributed by atoms with Crippen molar-refractivity contribution in [3.8, 4) is 0 Å². The van der Waals surface area contributed by atoms with Gasteiger partial charge in [-0.1, -0.05) is 0 Å². The Balaban J connectivity index is 1.85. The zero-order valence-electron chi connectivity index (χ0n) is 15.5. The molecule has 0 aliphatic carbocycles. The van der Waals surface area contributed by atoms with E-state index in [1.54, 1.807) is 0 Å². The van der Waals surface area contributed by atoms with E-state index in [9.17, 15) is 0 Å². The number of thiazole rings is 1. The number of aromatic nitrogens is 5. The van der Waals surface area contributed by atoms with Gasteiger partial charge in [-0.3, -0.25) is 9.36 Å². The lowest BCUT2D eigenvalue weighted by Gasteiger charge is -2.17. The maximum Gasteiger partial charge on any atom is 0.266 e. The first-order valence-electron chi connectivity index (χ1n) is 8.52. The summed E-state index contributed by atoms with van der Waals surface area (Å²) in [4.78, 5) is 3.60. The van der Waals surface area contributed by atoms with Crippen LogP contribution in [0.5, 0.6) is 0 Å². The van der Waals surface area contributed by atoms with Gasteiger partial charge in [0.2, 0.25) is 0 Å². The first-order valence-corrected chi connectivity index (χ1v) is 10.2. The molecule has 0 saturated carbocycles. The normalized spacial score (nSPS) is 15.8. The molecule has 4 heterocycles. The predicted molar refractivity (Wildman–Crippen MR) is 104 cm³/mol. The van der Waals surface area contributed by atoms with Crippen molar-refractivity contribution in [3.63, 3.8) is 0 Å². The molecule has 0 spiro atoms. The van der Waals surface area contributed by atoms with Crippen molar-refractivity contribution in [1.29, 1.82) is 0 Å². The highest BCUT2D eigenvalue weighted by molar-refractivity contribution is 8.03. The van der Waals surface area contributed by atoms with E-state index in [-0.39, 0.29) is 0 Å². The first kappa shape index (κ1) is 16.7. The Morgan fingerprint density at radius 1 is 1.08 bits per heavy atom. The van der Waals surface area contributed by atoms with Gasteiger partial charge >= 0.3 is 0 Å². The Morgan fingerprint density at radius 3 is 2.48 bits per heavy atom. The minimum absolute atomic E-state index is 0.940. The zero-order valence-corrected chi connectivity index (χ0v) is 17.1. The second-order valence-electron chi connectivity index (χ2n) is 6.24. The topological polar surface area (TPSA) is 42.8 Å². The molecule has 1 aliphatic rings. The van der Waals surface area contributed by atoms with Gasteiger partial charge < -0.3 is 4.90 Å². The highest BCUT2D eigenvalue weighted by Gasteiger charge is 2.32. The third-order valence-electron chi connectivity index (χ3n) is 4.63. The molecule has 0 aromatic carbocycles. The lowest BCUT2D eigenvalue weighted by atomic mass is 10.3. The number of aryl methyl sites for hydroxylation is 5. The minimum Gasteiger partial charge on any atom is -0.332 e. The molecule has 0 saturated heterocycles. The van der Waals surface area contributed by atoms with Gasteiger partial charge in [-0.15, -0.1) is 0 Å². The van der Waals surface area contributed by atoms with E-state index in [2.05, 4.69) is 53.4 Å². The van der Waals surface area contributed by atoms with Crippen LogP contribution in [-0.4, -0.2) is 26.1 Å². The fraction of sp³-hybridized carbons (Fsp3) is 0.471. The predicted octanol–water partition coefficient (Wildman–Crippen LogP) is 3.22. The van der Waals surface area contributed by atoms with Crippen molar-refractivity contribution in [2.45, 2.75) is 39.3 Å². The first-order chi connectivity index (χ1) is 12.0. The molecule has 4 rings (SSSR count). The summed E-state index contributed by atoms with van der Waals surface area (Å²) in [5.41, 5.74) is 4.69. The minimum atomic E-state index is 0.940. The Labute approximate surface area is 155 Å². The van der Waals surface area contributed by atoms with Crippen LogP contribution in [0.25, 0.3) is 16.4 Å². The van der Waals surface area contributed by atoms with Crippen molar-refractivity contribution in [2.24, 2.45) is 14.1 Å². The number of rotatable bonds is 3. The van der Waals surface area contributed by atoms with Crippen LogP contribution in [0, 0.1) is 13.8 Å². The molecule has 3 aromatic heterocycles. The average Bonchev–Trinajstić information content (AvgIpc) is 3.25. The van der Waals surface area contributed by atoms with Gasteiger partial charge in [0.15, 0.2) is 4.83 Å². The molecule has 0 amide bonds. The Morgan fingerprint density at radius 2 is 1.80 bits per heavy atom. The van der Waals surface area contributed by atoms with Gasteiger partial charge in [0, 0.05) is 20.6 Å². The van der Waals surface area contributed by atoms with E-state index in [4.69, 9.17) is 0 Å². The summed E-state index contributed by atoms with van der Waals surface area (Å²) in [6, 6.07) is 0. The summed E-state index contributed by atoms with van der Waals surface area (Å²) in [5.74, 6) is 0. The van der Waals surface area contributed by atoms with E-state index in [1.807, 2.05) is 46.6 Å². The number of nitrogens with zero attached hydrogens (tertiary/aromatic N) is 6. The molecule has 0 N–H and O–H groups in total. The van der Waals surface area contributed by atoms with Crippen LogP contribution in [0.2, 0.25) is 0 Å². The Hall–Kier alpha value is -1.80. The number of hydrogen-bond donors (Lipinski definition) is 0. The molecule has 0 radical (unpaired) electrons. The van der Waals surface area contributed by atoms with Crippen LogP contribution < -0.4 is 9.47 Å². The van der Waals surface area contributed by atoms with Crippen molar-refractivity contribution in [3.05, 3.63) is 21.4 Å². The third kappa shape index (κ3) is 2.34. The van der Waals surface area contributed by atoms with Gasteiger partial charge in [0.1, 0.15) is 17.3 Å². The quantitative estimate of drug-likeness (QED) is 0.659. The van der Waals surface area contributed by atoms with Crippen LogP contribution in [0.4, 0.5) is 5.69 Å². The van der Waals surface area contributed by atoms with Gasteiger partial charge in [-0.25, -0.2) is 0 Å². The summed E-state index contributed by atoms with van der Waals surface area (Å²) in [7, 11) is 4.05. The van der Waals surface area contributed by atoms with Crippen LogP contribution in [-0.2, 0) is 20.6 Å². The summed E-state index contributed by atoms with van der Waals surface area (Å²) in [5, 5.41) is 12.9.